The van der Waals surface area contributed by atoms with Gasteiger partial charge in [-0.2, -0.15) is 8.42 Å². The Hall–Kier alpha value is -4.36. The molecule has 0 aromatic heterocycles. The molecule has 208 valence electrons. The third-order valence-electron chi connectivity index (χ3n) is 7.66. The van der Waals surface area contributed by atoms with Gasteiger partial charge in [0, 0.05) is 17.8 Å². The fraction of sp³-hybridized carbons (Fsp3) is 0.206. The van der Waals surface area contributed by atoms with Crippen molar-refractivity contribution in [1.29, 1.82) is 0 Å². The average Bonchev–Trinajstić information content (AvgIpc) is 3.48. The number of hydrogen-bond acceptors (Lipinski definition) is 6. The van der Waals surface area contributed by atoms with Crippen molar-refractivity contribution in [3.63, 3.8) is 0 Å². The molecule has 0 spiro atoms. The summed E-state index contributed by atoms with van der Waals surface area (Å²) in [6.07, 6.45) is 7.45. The molecule has 6 rings (SSSR count). The highest BCUT2D eigenvalue weighted by molar-refractivity contribution is 7.87. The number of aliphatic imine (C=N–C) groups is 1. The summed E-state index contributed by atoms with van der Waals surface area (Å²) < 4.78 is 36.8. The first-order valence-corrected chi connectivity index (χ1v) is 15.3. The molecule has 1 N–H and O–H groups in total. The molecule has 0 saturated heterocycles. The lowest BCUT2D eigenvalue weighted by Gasteiger charge is -2.37. The topological polar surface area (TPSA) is 77.0 Å². The number of allylic oxidation sites excluding steroid dienone is 2. The van der Waals surface area contributed by atoms with Crippen molar-refractivity contribution in [2.75, 3.05) is 11.9 Å². The largest absolute Gasteiger partial charge is 0.490 e. The van der Waals surface area contributed by atoms with E-state index < -0.39 is 10.1 Å². The molecule has 0 bridgehead atoms. The summed E-state index contributed by atoms with van der Waals surface area (Å²) in [6, 6.07) is 28.8. The maximum absolute atomic E-state index is 12.8. The van der Waals surface area contributed by atoms with Crippen LogP contribution in [0.3, 0.4) is 0 Å². The molecule has 0 unspecified atom stereocenters. The van der Waals surface area contributed by atoms with Crippen molar-refractivity contribution in [3.8, 4) is 11.5 Å². The summed E-state index contributed by atoms with van der Waals surface area (Å²) in [5.74, 6) is 1.40. The zero-order valence-corrected chi connectivity index (χ0v) is 23.8. The van der Waals surface area contributed by atoms with Crippen molar-refractivity contribution >= 4 is 27.7 Å². The molecule has 1 aliphatic heterocycles. The summed E-state index contributed by atoms with van der Waals surface area (Å²) >= 11 is 0. The van der Waals surface area contributed by atoms with Gasteiger partial charge in [0.15, 0.2) is 11.5 Å². The van der Waals surface area contributed by atoms with Gasteiger partial charge in [-0.25, -0.2) is 0 Å². The Kier molecular flexibility index (Phi) is 7.37. The molecule has 6 nitrogen and oxygen atoms in total. The average molecular weight is 565 g/mol. The number of hydrogen-bond donors (Lipinski definition) is 1. The molecule has 4 aromatic rings. The lowest BCUT2D eigenvalue weighted by atomic mass is 9.77. The van der Waals surface area contributed by atoms with E-state index in [4.69, 9.17) is 8.92 Å². The molecule has 4 aromatic carbocycles. The Bertz CT molecular complexity index is 1710. The molecule has 2 aliphatic rings. The van der Waals surface area contributed by atoms with Gasteiger partial charge in [0.05, 0.1) is 18.3 Å². The highest BCUT2D eigenvalue weighted by atomic mass is 32.2. The summed E-state index contributed by atoms with van der Waals surface area (Å²) in [5.41, 5.74) is 6.38. The molecule has 1 aliphatic carbocycles. The minimum atomic E-state index is -4.00. The van der Waals surface area contributed by atoms with E-state index in [-0.39, 0.29) is 16.7 Å². The Morgan fingerprint density at radius 2 is 1.73 bits per heavy atom. The SMILES string of the molecule is CCOc1cc(C=Nc2ccc([C@@H]3Nc4ccccc4[C@@H]4C=CC[C@H]43)cc2)ccc1OS(=O)(=O)c1ccc(C)cc1. The maximum Gasteiger partial charge on any atom is 0.339 e. The number of nitrogens with zero attached hydrogens (tertiary/aromatic N) is 1. The Labute approximate surface area is 241 Å². The number of rotatable bonds is 8. The summed E-state index contributed by atoms with van der Waals surface area (Å²) in [4.78, 5) is 4.74. The van der Waals surface area contributed by atoms with Crippen LogP contribution < -0.4 is 14.2 Å². The number of benzene rings is 4. The first-order chi connectivity index (χ1) is 19.9. The predicted molar refractivity (Wildman–Crippen MR) is 163 cm³/mol. The number of para-hydroxylation sites is 1. The summed E-state index contributed by atoms with van der Waals surface area (Å²) in [7, 11) is -4.00. The molecule has 0 fully saturated rings. The Balaban J connectivity index is 1.18. The smallest absolute Gasteiger partial charge is 0.339 e. The predicted octanol–water partition coefficient (Wildman–Crippen LogP) is 7.74. The fourth-order valence-electron chi connectivity index (χ4n) is 5.60. The van der Waals surface area contributed by atoms with Crippen molar-refractivity contribution in [2.24, 2.45) is 10.9 Å². The second kappa shape index (κ2) is 11.3. The first-order valence-electron chi connectivity index (χ1n) is 13.9. The van der Waals surface area contributed by atoms with Crippen LogP contribution in [0.1, 0.15) is 47.6 Å². The fourth-order valence-corrected chi connectivity index (χ4v) is 6.54. The van der Waals surface area contributed by atoms with E-state index in [0.717, 1.165) is 23.2 Å². The second-order valence-electron chi connectivity index (χ2n) is 10.4. The molecule has 41 heavy (non-hydrogen) atoms. The van der Waals surface area contributed by atoms with E-state index in [9.17, 15) is 8.42 Å². The highest BCUT2D eigenvalue weighted by Crippen LogP contribution is 2.49. The lowest BCUT2D eigenvalue weighted by Crippen LogP contribution is -2.28. The normalized spacial score (nSPS) is 19.4. The maximum atomic E-state index is 12.8. The van der Waals surface area contributed by atoms with E-state index in [1.165, 1.54) is 28.9 Å². The molecule has 3 atom stereocenters. The van der Waals surface area contributed by atoms with Gasteiger partial charge in [0.2, 0.25) is 0 Å². The minimum Gasteiger partial charge on any atom is -0.490 e. The van der Waals surface area contributed by atoms with Crippen molar-refractivity contribution in [3.05, 3.63) is 125 Å². The monoisotopic (exact) mass is 564 g/mol. The molecule has 0 amide bonds. The van der Waals surface area contributed by atoms with E-state index in [1.807, 2.05) is 26.0 Å². The van der Waals surface area contributed by atoms with Gasteiger partial charge in [-0.1, -0.05) is 60.2 Å². The van der Waals surface area contributed by atoms with Crippen LogP contribution in [-0.4, -0.2) is 21.2 Å². The standard InChI is InChI=1S/C34H32N2O4S/c1-3-39-33-21-24(13-20-32(33)40-41(37,38)27-18-11-23(2)12-19-27)22-35-26-16-14-25(15-17-26)34-30-9-6-8-28(30)29-7-4-5-10-31(29)36-34/h4-8,10-22,28,30,34,36H,3,9H2,1-2H3/t28-,30+,34-/m0/s1. The van der Waals surface area contributed by atoms with E-state index in [0.29, 0.717) is 24.2 Å². The number of fused-ring (bicyclic) bond motifs is 3. The third kappa shape index (κ3) is 5.63. The van der Waals surface area contributed by atoms with Gasteiger partial charge in [0.1, 0.15) is 4.90 Å². The van der Waals surface area contributed by atoms with Gasteiger partial charge in [0.25, 0.3) is 0 Å². The van der Waals surface area contributed by atoms with Gasteiger partial charge < -0.3 is 14.2 Å². The van der Waals surface area contributed by atoms with Crippen LogP contribution in [0.2, 0.25) is 0 Å². The van der Waals surface area contributed by atoms with Gasteiger partial charge in [-0.3, -0.25) is 4.99 Å². The molecular formula is C34H32N2O4S. The Morgan fingerprint density at radius 1 is 0.951 bits per heavy atom. The molecule has 0 saturated carbocycles. The molecule has 0 radical (unpaired) electrons. The van der Waals surface area contributed by atoms with Crippen molar-refractivity contribution < 1.29 is 17.3 Å². The zero-order chi connectivity index (χ0) is 28.4. The van der Waals surface area contributed by atoms with E-state index in [2.05, 4.69) is 58.9 Å². The van der Waals surface area contributed by atoms with Crippen LogP contribution in [-0.2, 0) is 10.1 Å². The van der Waals surface area contributed by atoms with Crippen LogP contribution in [0.15, 0.2) is 113 Å². The van der Waals surface area contributed by atoms with Crippen molar-refractivity contribution in [2.45, 2.75) is 37.1 Å². The number of anilines is 1. The lowest BCUT2D eigenvalue weighted by molar-refractivity contribution is 0.327. The quantitative estimate of drug-likeness (QED) is 0.135. The molecule has 7 heteroatoms. The van der Waals surface area contributed by atoms with Crippen molar-refractivity contribution in [1.82, 2.24) is 0 Å². The minimum absolute atomic E-state index is 0.0898. The second-order valence-corrected chi connectivity index (χ2v) is 11.9. The van der Waals surface area contributed by atoms with Gasteiger partial charge in [-0.05, 0) is 91.4 Å². The first kappa shape index (κ1) is 26.8. The summed E-state index contributed by atoms with van der Waals surface area (Å²) in [6.45, 7) is 4.10. The van der Waals surface area contributed by atoms with E-state index in [1.54, 1.807) is 36.5 Å². The number of ether oxygens (including phenoxy) is 1. The van der Waals surface area contributed by atoms with Crippen LogP contribution in [0, 0.1) is 12.8 Å². The van der Waals surface area contributed by atoms with Crippen LogP contribution in [0.25, 0.3) is 0 Å². The number of aryl methyl sites for hydroxylation is 1. The number of nitrogens with one attached hydrogen (secondary N) is 1. The van der Waals surface area contributed by atoms with Crippen LogP contribution >= 0.6 is 0 Å². The Morgan fingerprint density at radius 3 is 2.51 bits per heavy atom. The van der Waals surface area contributed by atoms with Gasteiger partial charge >= 0.3 is 10.1 Å². The zero-order valence-electron chi connectivity index (χ0n) is 23.0. The summed E-state index contributed by atoms with van der Waals surface area (Å²) in [5, 5.41) is 3.77. The van der Waals surface area contributed by atoms with E-state index >= 15 is 0 Å². The highest BCUT2D eigenvalue weighted by Gasteiger charge is 2.37. The molecule has 1 heterocycles. The van der Waals surface area contributed by atoms with Crippen LogP contribution in [0.5, 0.6) is 11.5 Å². The third-order valence-corrected chi connectivity index (χ3v) is 8.91. The van der Waals surface area contributed by atoms with Crippen LogP contribution in [0.4, 0.5) is 11.4 Å². The molecular weight excluding hydrogens is 532 g/mol. The van der Waals surface area contributed by atoms with Gasteiger partial charge in [-0.15, -0.1) is 0 Å².